The van der Waals surface area contributed by atoms with Crippen molar-refractivity contribution in [2.45, 2.75) is 20.8 Å². The van der Waals surface area contributed by atoms with Crippen molar-refractivity contribution in [3.8, 4) is 0 Å². The van der Waals surface area contributed by atoms with Crippen LogP contribution in [0.5, 0.6) is 0 Å². The molecule has 0 saturated heterocycles. The molecule has 1 nitrogen and oxygen atoms in total. The maximum absolute atomic E-state index is 5.47. The van der Waals surface area contributed by atoms with Gasteiger partial charge < -0.3 is 0 Å². The second-order valence-corrected chi connectivity index (χ2v) is 1.50. The molecule has 0 spiro atoms. The van der Waals surface area contributed by atoms with Crippen molar-refractivity contribution in [3.05, 3.63) is 23.9 Å². The fourth-order valence-electron chi connectivity index (χ4n) is 0.264. The predicted octanol–water partition coefficient (Wildman–Crippen LogP) is 3.37. The Labute approximate surface area is 68.1 Å². The summed E-state index contributed by atoms with van der Waals surface area (Å²) in [5, 5.41) is 0.461. The summed E-state index contributed by atoms with van der Waals surface area (Å²) in [5.74, 6) is 0. The molecule has 0 N–H and O–H groups in total. The molecule has 0 bridgehead atoms. The van der Waals surface area contributed by atoms with Crippen molar-refractivity contribution in [3.63, 3.8) is 0 Å². The summed E-state index contributed by atoms with van der Waals surface area (Å²) < 4.78 is 0. The fourth-order valence-corrected chi connectivity index (χ4v) is 0.450. The summed E-state index contributed by atoms with van der Waals surface area (Å²) in [6.45, 7) is 9.25. The maximum Gasteiger partial charge on any atom is 0.128 e. The van der Waals surface area contributed by atoms with Gasteiger partial charge in [0.2, 0.25) is 0 Å². The lowest BCUT2D eigenvalue weighted by atomic mass is 10.6. The van der Waals surface area contributed by atoms with E-state index >= 15 is 0 Å². The molecule has 0 unspecified atom stereocenters. The van der Waals surface area contributed by atoms with Crippen molar-refractivity contribution in [2.75, 3.05) is 0 Å². The molecule has 0 fully saturated rings. The van der Waals surface area contributed by atoms with Gasteiger partial charge in [-0.2, -0.15) is 0 Å². The molecule has 10 heavy (non-hydrogen) atoms. The Morgan fingerprint density at radius 1 is 1.50 bits per heavy atom. The third-order valence-corrected chi connectivity index (χ3v) is 0.731. The summed E-state index contributed by atoms with van der Waals surface area (Å²) in [6.07, 6.45) is 4.85. The highest BCUT2D eigenvalue weighted by Gasteiger charge is 1.76. The van der Waals surface area contributed by atoms with Gasteiger partial charge in [-0.05, 0) is 13.0 Å². The number of hydrogen-bond donors (Lipinski definition) is 0. The molecular formula is C8H14ClN. The molecule has 0 aromatic rings. The zero-order chi connectivity index (χ0) is 8.41. The van der Waals surface area contributed by atoms with Crippen LogP contribution >= 0.6 is 11.6 Å². The molecule has 0 aliphatic rings. The molecule has 0 aliphatic heterocycles. The monoisotopic (exact) mass is 159 g/mol. The average molecular weight is 160 g/mol. The minimum Gasteiger partial charge on any atom is -0.249 e. The predicted molar refractivity (Wildman–Crippen MR) is 49.6 cm³/mol. The Bertz CT molecular complexity index is 125. The van der Waals surface area contributed by atoms with Gasteiger partial charge in [-0.1, -0.05) is 38.1 Å². The van der Waals surface area contributed by atoms with Crippen molar-refractivity contribution < 1.29 is 0 Å². The van der Waals surface area contributed by atoms with E-state index in [0.717, 1.165) is 0 Å². The van der Waals surface area contributed by atoms with Crippen LogP contribution in [0.4, 0.5) is 0 Å². The Balaban J connectivity index is 0. The van der Waals surface area contributed by atoms with Crippen molar-refractivity contribution in [1.82, 2.24) is 0 Å². The number of nitrogens with zero attached hydrogens (tertiary/aromatic N) is 1. The van der Waals surface area contributed by atoms with Crippen LogP contribution in [0.3, 0.4) is 0 Å². The maximum atomic E-state index is 5.47. The zero-order valence-electron chi connectivity index (χ0n) is 6.76. The number of rotatable bonds is 2. The minimum absolute atomic E-state index is 0.461. The van der Waals surface area contributed by atoms with Gasteiger partial charge in [0.05, 0.1) is 0 Å². The number of hydrogen-bond acceptors (Lipinski definition) is 1. The average Bonchev–Trinajstić information content (AvgIpc) is 1.93. The Kier molecular flexibility index (Phi) is 13.7. The molecule has 0 saturated carbocycles. The van der Waals surface area contributed by atoms with Crippen LogP contribution in [0.1, 0.15) is 20.8 Å². The first-order valence-electron chi connectivity index (χ1n) is 3.28. The van der Waals surface area contributed by atoms with E-state index in [4.69, 9.17) is 11.6 Å². The lowest BCUT2D eigenvalue weighted by molar-refractivity contribution is 1.50. The molecule has 0 aliphatic carbocycles. The normalized spacial score (nSPS) is 10.6. The van der Waals surface area contributed by atoms with Gasteiger partial charge in [0.15, 0.2) is 0 Å². The number of allylic oxidation sites excluding steroid dienone is 2. The molecule has 0 atom stereocenters. The molecule has 0 radical (unpaired) electrons. The van der Waals surface area contributed by atoms with E-state index in [9.17, 15) is 0 Å². The smallest absolute Gasteiger partial charge is 0.128 e. The Morgan fingerprint density at radius 3 is 2.30 bits per heavy atom. The van der Waals surface area contributed by atoms with E-state index in [1.165, 1.54) is 0 Å². The first kappa shape index (κ1) is 12.1. The molecular weight excluding hydrogens is 146 g/mol. The van der Waals surface area contributed by atoms with Gasteiger partial charge in [0.1, 0.15) is 5.16 Å². The van der Waals surface area contributed by atoms with Crippen LogP contribution in [0.25, 0.3) is 0 Å². The van der Waals surface area contributed by atoms with Gasteiger partial charge >= 0.3 is 0 Å². The highest BCUT2D eigenvalue weighted by atomic mass is 35.5. The quantitative estimate of drug-likeness (QED) is 0.333. The van der Waals surface area contributed by atoms with E-state index < -0.39 is 0 Å². The summed E-state index contributed by atoms with van der Waals surface area (Å²) >= 11 is 5.47. The summed E-state index contributed by atoms with van der Waals surface area (Å²) in [6, 6.07) is 0. The van der Waals surface area contributed by atoms with E-state index in [2.05, 4.69) is 11.6 Å². The lowest BCUT2D eigenvalue weighted by Crippen LogP contribution is -1.61. The second kappa shape index (κ2) is 11.3. The Morgan fingerprint density at radius 2 is 2.00 bits per heavy atom. The van der Waals surface area contributed by atoms with Crippen molar-refractivity contribution >= 4 is 17.8 Å². The summed E-state index contributed by atoms with van der Waals surface area (Å²) in [7, 11) is 0. The van der Waals surface area contributed by atoms with Crippen LogP contribution in [-0.4, -0.2) is 6.21 Å². The van der Waals surface area contributed by atoms with Gasteiger partial charge in [-0.25, -0.2) is 4.99 Å². The van der Waals surface area contributed by atoms with Crippen LogP contribution < -0.4 is 0 Å². The molecule has 0 rings (SSSR count). The molecule has 0 heterocycles. The molecule has 0 aromatic carbocycles. The molecule has 0 aromatic heterocycles. The topological polar surface area (TPSA) is 12.4 Å². The lowest BCUT2D eigenvalue weighted by Gasteiger charge is -1.79. The van der Waals surface area contributed by atoms with Gasteiger partial charge in [-0.15, -0.1) is 0 Å². The number of halogens is 1. The SMILES string of the molecule is C=C/C=C(Cl)\N=C/C.CC. The first-order chi connectivity index (χ1) is 4.81. The molecule has 0 amide bonds. The minimum atomic E-state index is 0.461. The second-order valence-electron chi connectivity index (χ2n) is 1.11. The third kappa shape index (κ3) is 10.4. The third-order valence-electron chi connectivity index (χ3n) is 0.508. The van der Waals surface area contributed by atoms with Gasteiger partial charge in [0.25, 0.3) is 0 Å². The van der Waals surface area contributed by atoms with E-state index in [0.29, 0.717) is 5.16 Å². The van der Waals surface area contributed by atoms with Gasteiger partial charge in [0, 0.05) is 6.21 Å². The highest BCUT2D eigenvalue weighted by Crippen LogP contribution is 2.00. The van der Waals surface area contributed by atoms with E-state index in [1.54, 1.807) is 25.3 Å². The zero-order valence-corrected chi connectivity index (χ0v) is 7.52. The summed E-state index contributed by atoms with van der Waals surface area (Å²) in [5.41, 5.74) is 0. The van der Waals surface area contributed by atoms with Crippen LogP contribution in [0.15, 0.2) is 28.9 Å². The fraction of sp³-hybridized carbons (Fsp3) is 0.375. The number of aliphatic imine (C=N–C) groups is 1. The van der Waals surface area contributed by atoms with Crippen LogP contribution in [-0.2, 0) is 0 Å². The Hall–Kier alpha value is -0.560. The van der Waals surface area contributed by atoms with E-state index in [-0.39, 0.29) is 0 Å². The molecule has 2 heteroatoms. The van der Waals surface area contributed by atoms with Crippen molar-refractivity contribution in [1.29, 1.82) is 0 Å². The first-order valence-corrected chi connectivity index (χ1v) is 3.66. The van der Waals surface area contributed by atoms with Crippen LogP contribution in [0.2, 0.25) is 0 Å². The molecule has 58 valence electrons. The largest absolute Gasteiger partial charge is 0.249 e. The highest BCUT2D eigenvalue weighted by molar-refractivity contribution is 6.29. The standard InChI is InChI=1S/C6H8ClN.C2H6/c1-3-5-6(7)8-4-2;1-2/h3-5H,1H2,2H3;1-2H3/b6-5-,8-4-;. The van der Waals surface area contributed by atoms with Crippen LogP contribution in [0, 0.1) is 0 Å². The van der Waals surface area contributed by atoms with E-state index in [1.807, 2.05) is 13.8 Å². The van der Waals surface area contributed by atoms with Gasteiger partial charge in [-0.3, -0.25) is 0 Å². The summed E-state index contributed by atoms with van der Waals surface area (Å²) in [4.78, 5) is 3.74. The van der Waals surface area contributed by atoms with Crippen molar-refractivity contribution in [2.24, 2.45) is 4.99 Å².